The maximum absolute atomic E-state index is 10.8. The van der Waals surface area contributed by atoms with E-state index in [1.165, 1.54) is 19.3 Å². The van der Waals surface area contributed by atoms with Crippen molar-refractivity contribution in [2.24, 2.45) is 5.92 Å². The molecule has 86 valence electrons. The van der Waals surface area contributed by atoms with Gasteiger partial charge in [0.15, 0.2) is 0 Å². The molecule has 2 rings (SSSR count). The van der Waals surface area contributed by atoms with E-state index >= 15 is 0 Å². The Morgan fingerprint density at radius 3 is 2.87 bits per heavy atom. The fourth-order valence-corrected chi connectivity index (χ4v) is 3.05. The number of ether oxygens (including phenoxy) is 1. The number of aldehydes is 1. The van der Waals surface area contributed by atoms with Crippen molar-refractivity contribution in [2.45, 2.75) is 44.2 Å². The molecule has 0 spiro atoms. The molecular formula is C12H21NO2. The molecule has 0 aromatic heterocycles. The SMILES string of the molecule is COC1CCCC1N1CCCC(C=O)C1. The summed E-state index contributed by atoms with van der Waals surface area (Å²) in [5, 5.41) is 0. The number of methoxy groups -OCH3 is 1. The van der Waals surface area contributed by atoms with E-state index in [1.54, 1.807) is 0 Å². The van der Waals surface area contributed by atoms with Gasteiger partial charge in [0.1, 0.15) is 6.29 Å². The van der Waals surface area contributed by atoms with Crippen molar-refractivity contribution in [1.82, 2.24) is 4.90 Å². The molecule has 1 aliphatic heterocycles. The lowest BCUT2D eigenvalue weighted by Gasteiger charge is -2.37. The van der Waals surface area contributed by atoms with Crippen LogP contribution in [0.15, 0.2) is 0 Å². The highest BCUT2D eigenvalue weighted by Gasteiger charge is 2.34. The maximum atomic E-state index is 10.8. The molecule has 1 saturated heterocycles. The number of rotatable bonds is 3. The summed E-state index contributed by atoms with van der Waals surface area (Å²) < 4.78 is 5.52. The molecule has 15 heavy (non-hydrogen) atoms. The van der Waals surface area contributed by atoms with Gasteiger partial charge in [0, 0.05) is 25.6 Å². The summed E-state index contributed by atoms with van der Waals surface area (Å²) in [6.07, 6.45) is 7.46. The highest BCUT2D eigenvalue weighted by atomic mass is 16.5. The van der Waals surface area contributed by atoms with Gasteiger partial charge in [0.25, 0.3) is 0 Å². The third-order valence-corrected chi connectivity index (χ3v) is 3.87. The quantitative estimate of drug-likeness (QED) is 0.662. The fraction of sp³-hybridized carbons (Fsp3) is 0.917. The summed E-state index contributed by atoms with van der Waals surface area (Å²) in [4.78, 5) is 13.3. The van der Waals surface area contributed by atoms with E-state index in [0.29, 0.717) is 12.1 Å². The largest absolute Gasteiger partial charge is 0.380 e. The minimum atomic E-state index is 0.261. The zero-order valence-corrected chi connectivity index (χ0v) is 9.52. The van der Waals surface area contributed by atoms with Gasteiger partial charge in [0.2, 0.25) is 0 Å². The third kappa shape index (κ3) is 2.40. The van der Waals surface area contributed by atoms with Gasteiger partial charge in [-0.25, -0.2) is 0 Å². The van der Waals surface area contributed by atoms with Gasteiger partial charge in [-0.3, -0.25) is 4.90 Å². The van der Waals surface area contributed by atoms with E-state index in [-0.39, 0.29) is 5.92 Å². The van der Waals surface area contributed by atoms with Crippen LogP contribution in [-0.4, -0.2) is 43.5 Å². The lowest BCUT2D eigenvalue weighted by Crippen LogP contribution is -2.46. The van der Waals surface area contributed by atoms with Crippen LogP contribution in [-0.2, 0) is 9.53 Å². The van der Waals surface area contributed by atoms with E-state index in [1.807, 2.05) is 7.11 Å². The number of hydrogen-bond acceptors (Lipinski definition) is 3. The van der Waals surface area contributed by atoms with Gasteiger partial charge in [-0.2, -0.15) is 0 Å². The normalized spacial score (nSPS) is 38.1. The number of likely N-dealkylation sites (tertiary alicyclic amines) is 1. The number of piperidine rings is 1. The van der Waals surface area contributed by atoms with Crippen molar-refractivity contribution < 1.29 is 9.53 Å². The molecule has 0 N–H and O–H groups in total. The van der Waals surface area contributed by atoms with Crippen LogP contribution in [0.4, 0.5) is 0 Å². The average Bonchev–Trinajstić information content (AvgIpc) is 2.77. The topological polar surface area (TPSA) is 29.5 Å². The lowest BCUT2D eigenvalue weighted by atomic mass is 9.97. The van der Waals surface area contributed by atoms with Crippen molar-refractivity contribution in [3.8, 4) is 0 Å². The van der Waals surface area contributed by atoms with Gasteiger partial charge in [-0.1, -0.05) is 0 Å². The van der Waals surface area contributed by atoms with E-state index in [2.05, 4.69) is 4.90 Å². The zero-order chi connectivity index (χ0) is 10.7. The summed E-state index contributed by atoms with van der Waals surface area (Å²) >= 11 is 0. The molecule has 1 saturated carbocycles. The van der Waals surface area contributed by atoms with E-state index in [0.717, 1.165) is 32.2 Å². The van der Waals surface area contributed by atoms with Gasteiger partial charge in [0.05, 0.1) is 6.10 Å². The number of carbonyl (C=O) groups excluding carboxylic acids is 1. The molecular weight excluding hydrogens is 190 g/mol. The van der Waals surface area contributed by atoms with Crippen LogP contribution >= 0.6 is 0 Å². The summed E-state index contributed by atoms with van der Waals surface area (Å²) in [5.74, 6) is 0.261. The minimum absolute atomic E-state index is 0.261. The van der Waals surface area contributed by atoms with Crippen molar-refractivity contribution in [3.63, 3.8) is 0 Å². The maximum Gasteiger partial charge on any atom is 0.124 e. The first kappa shape index (κ1) is 11.1. The Balaban J connectivity index is 1.94. The third-order valence-electron chi connectivity index (χ3n) is 3.87. The van der Waals surface area contributed by atoms with Crippen molar-refractivity contribution in [1.29, 1.82) is 0 Å². The smallest absolute Gasteiger partial charge is 0.124 e. The summed E-state index contributed by atoms with van der Waals surface area (Å²) in [6, 6.07) is 0.567. The van der Waals surface area contributed by atoms with Gasteiger partial charge in [-0.05, 0) is 38.6 Å². The van der Waals surface area contributed by atoms with Crippen LogP contribution in [0.25, 0.3) is 0 Å². The zero-order valence-electron chi connectivity index (χ0n) is 9.52. The summed E-state index contributed by atoms with van der Waals surface area (Å²) in [5.41, 5.74) is 0. The first-order valence-corrected chi connectivity index (χ1v) is 6.07. The van der Waals surface area contributed by atoms with Gasteiger partial charge < -0.3 is 9.53 Å². The van der Waals surface area contributed by atoms with Crippen LogP contribution in [0.1, 0.15) is 32.1 Å². The molecule has 0 aromatic carbocycles. The number of carbonyl (C=O) groups is 1. The monoisotopic (exact) mass is 211 g/mol. The standard InChI is InChI=1S/C12H21NO2/c1-15-12-6-2-5-11(12)13-7-3-4-10(8-13)9-14/h9-12H,2-8H2,1H3. The predicted octanol–water partition coefficient (Wildman–Crippen LogP) is 1.46. The fourth-order valence-electron chi connectivity index (χ4n) is 3.05. The molecule has 3 unspecified atom stereocenters. The van der Waals surface area contributed by atoms with E-state index in [9.17, 15) is 4.79 Å². The Kier molecular flexibility index (Phi) is 3.76. The molecule has 0 radical (unpaired) electrons. The van der Waals surface area contributed by atoms with Crippen LogP contribution in [0.2, 0.25) is 0 Å². The Hall–Kier alpha value is -0.410. The van der Waals surface area contributed by atoms with Gasteiger partial charge in [-0.15, -0.1) is 0 Å². The van der Waals surface area contributed by atoms with Crippen molar-refractivity contribution >= 4 is 6.29 Å². The Morgan fingerprint density at radius 1 is 1.27 bits per heavy atom. The first-order chi connectivity index (χ1) is 7.35. The second-order valence-corrected chi connectivity index (χ2v) is 4.81. The molecule has 1 heterocycles. The predicted molar refractivity (Wildman–Crippen MR) is 58.8 cm³/mol. The van der Waals surface area contributed by atoms with Crippen molar-refractivity contribution in [3.05, 3.63) is 0 Å². The van der Waals surface area contributed by atoms with Crippen molar-refractivity contribution in [2.75, 3.05) is 20.2 Å². The Morgan fingerprint density at radius 2 is 2.13 bits per heavy atom. The van der Waals surface area contributed by atoms with Crippen LogP contribution in [0, 0.1) is 5.92 Å². The van der Waals surface area contributed by atoms with Gasteiger partial charge >= 0.3 is 0 Å². The Bertz CT molecular complexity index is 220. The van der Waals surface area contributed by atoms with E-state index < -0.39 is 0 Å². The molecule has 3 heteroatoms. The Labute approximate surface area is 91.8 Å². The van der Waals surface area contributed by atoms with Crippen LogP contribution in [0.3, 0.4) is 0 Å². The van der Waals surface area contributed by atoms with E-state index in [4.69, 9.17) is 4.74 Å². The highest BCUT2D eigenvalue weighted by molar-refractivity contribution is 5.53. The highest BCUT2D eigenvalue weighted by Crippen LogP contribution is 2.29. The first-order valence-electron chi connectivity index (χ1n) is 6.07. The minimum Gasteiger partial charge on any atom is -0.380 e. The molecule has 0 aromatic rings. The summed E-state index contributed by atoms with van der Waals surface area (Å²) in [7, 11) is 1.81. The summed E-state index contributed by atoms with van der Waals surface area (Å²) in [6.45, 7) is 2.10. The van der Waals surface area contributed by atoms with Crippen LogP contribution in [0.5, 0.6) is 0 Å². The molecule has 3 atom stereocenters. The second kappa shape index (κ2) is 5.08. The molecule has 1 aliphatic carbocycles. The van der Waals surface area contributed by atoms with Crippen LogP contribution < -0.4 is 0 Å². The second-order valence-electron chi connectivity index (χ2n) is 4.81. The molecule has 0 bridgehead atoms. The average molecular weight is 211 g/mol. The molecule has 0 amide bonds. The molecule has 2 fully saturated rings. The lowest BCUT2D eigenvalue weighted by molar-refractivity contribution is -0.113. The number of nitrogens with zero attached hydrogens (tertiary/aromatic N) is 1. The number of hydrogen-bond donors (Lipinski definition) is 0. The molecule has 3 nitrogen and oxygen atoms in total. The molecule has 2 aliphatic rings.